The summed E-state index contributed by atoms with van der Waals surface area (Å²) in [5, 5.41) is 14.3. The van der Waals surface area contributed by atoms with Gasteiger partial charge >= 0.3 is 5.97 Å². The van der Waals surface area contributed by atoms with Crippen LogP contribution in [0.5, 0.6) is 0 Å². The lowest BCUT2D eigenvalue weighted by Gasteiger charge is -2.37. The molecule has 0 atom stereocenters. The Morgan fingerprint density at radius 2 is 1.74 bits per heavy atom. The maximum Gasteiger partial charge on any atom is 0.337 e. The van der Waals surface area contributed by atoms with E-state index in [1.807, 2.05) is 34.5 Å². The predicted molar refractivity (Wildman–Crippen MR) is 121 cm³/mol. The summed E-state index contributed by atoms with van der Waals surface area (Å²) in [5.41, 5.74) is 1.68. The van der Waals surface area contributed by atoms with E-state index in [-0.39, 0.29) is 29.4 Å². The third-order valence-electron chi connectivity index (χ3n) is 5.26. The second-order valence-electron chi connectivity index (χ2n) is 7.26. The number of halogens is 1. The number of anilines is 3. The van der Waals surface area contributed by atoms with Crippen LogP contribution in [0.15, 0.2) is 60.0 Å². The van der Waals surface area contributed by atoms with E-state index in [4.69, 9.17) is 0 Å². The van der Waals surface area contributed by atoms with Crippen molar-refractivity contribution in [2.45, 2.75) is 6.42 Å². The summed E-state index contributed by atoms with van der Waals surface area (Å²) in [4.78, 5) is 29.1. The second kappa shape index (κ2) is 9.18. The lowest BCUT2D eigenvalue weighted by Crippen LogP contribution is -2.46. The van der Waals surface area contributed by atoms with Gasteiger partial charge in [-0.15, -0.1) is 11.3 Å². The van der Waals surface area contributed by atoms with Crippen molar-refractivity contribution in [3.05, 3.63) is 76.2 Å². The molecule has 1 aliphatic heterocycles. The van der Waals surface area contributed by atoms with Gasteiger partial charge in [0.2, 0.25) is 5.91 Å². The van der Waals surface area contributed by atoms with Gasteiger partial charge in [0.1, 0.15) is 5.82 Å². The number of benzene rings is 2. The first-order chi connectivity index (χ1) is 15.0. The zero-order chi connectivity index (χ0) is 21.8. The molecule has 6 nitrogen and oxygen atoms in total. The molecule has 160 valence electrons. The fraction of sp³-hybridized carbons (Fsp3) is 0.217. The number of aromatic carboxylic acids is 1. The summed E-state index contributed by atoms with van der Waals surface area (Å²) in [5.74, 6) is -1.60. The van der Waals surface area contributed by atoms with Gasteiger partial charge in [-0.1, -0.05) is 18.2 Å². The van der Waals surface area contributed by atoms with Crippen LogP contribution in [0.3, 0.4) is 0 Å². The van der Waals surface area contributed by atoms with Gasteiger partial charge in [-0.3, -0.25) is 4.79 Å². The van der Waals surface area contributed by atoms with Crippen molar-refractivity contribution < 1.29 is 19.1 Å². The van der Waals surface area contributed by atoms with Crippen molar-refractivity contribution in [1.29, 1.82) is 0 Å². The minimum atomic E-state index is -1.10. The molecular formula is C23H22FN3O3S. The van der Waals surface area contributed by atoms with E-state index in [9.17, 15) is 19.1 Å². The van der Waals surface area contributed by atoms with Crippen molar-refractivity contribution >= 4 is 40.3 Å². The highest BCUT2D eigenvalue weighted by molar-refractivity contribution is 7.10. The minimum absolute atomic E-state index is 0.0496. The van der Waals surface area contributed by atoms with Gasteiger partial charge in [0, 0.05) is 36.7 Å². The molecule has 1 saturated heterocycles. The Labute approximate surface area is 183 Å². The highest BCUT2D eigenvalue weighted by Gasteiger charge is 2.21. The molecule has 2 heterocycles. The fourth-order valence-corrected chi connectivity index (χ4v) is 4.40. The number of carboxylic acids is 1. The van der Waals surface area contributed by atoms with E-state index < -0.39 is 5.97 Å². The van der Waals surface area contributed by atoms with E-state index in [1.54, 1.807) is 24.3 Å². The molecule has 0 spiro atoms. The molecule has 1 fully saturated rings. The van der Waals surface area contributed by atoms with E-state index in [1.165, 1.54) is 17.4 Å². The van der Waals surface area contributed by atoms with Crippen molar-refractivity contribution in [3.63, 3.8) is 0 Å². The maximum atomic E-state index is 14.0. The molecule has 4 rings (SSSR count). The Kier molecular flexibility index (Phi) is 6.18. The number of rotatable bonds is 6. The smallest absolute Gasteiger partial charge is 0.337 e. The van der Waals surface area contributed by atoms with Gasteiger partial charge in [-0.25, -0.2) is 9.18 Å². The first-order valence-electron chi connectivity index (χ1n) is 9.95. The lowest BCUT2D eigenvalue weighted by molar-refractivity contribution is -0.115. The quantitative estimate of drug-likeness (QED) is 0.605. The Balaban J connectivity index is 1.45. The molecule has 0 unspecified atom stereocenters. The Hall–Kier alpha value is -3.39. The molecule has 0 aliphatic carbocycles. The third-order valence-corrected chi connectivity index (χ3v) is 6.14. The fourth-order valence-electron chi connectivity index (χ4n) is 3.69. The summed E-state index contributed by atoms with van der Waals surface area (Å²) in [7, 11) is 0. The van der Waals surface area contributed by atoms with Crippen molar-refractivity contribution in [1.82, 2.24) is 0 Å². The summed E-state index contributed by atoms with van der Waals surface area (Å²) in [6.45, 7) is 2.53. The normalized spacial score (nSPS) is 13.8. The number of thiophene rings is 1. The number of nitrogens with one attached hydrogen (secondary N) is 1. The van der Waals surface area contributed by atoms with Crippen LogP contribution in [0.4, 0.5) is 21.5 Å². The standard InChI is InChI=1S/C23H22FN3O3S/c24-19-5-1-2-6-21(19)27-11-9-26(10-12-27)16-7-8-20(18(14-16)23(29)30)25-22(28)15-17-4-3-13-31-17/h1-8,13-14H,9-12,15H2,(H,25,28)(H,29,30). The van der Waals surface area contributed by atoms with Crippen molar-refractivity contribution in [3.8, 4) is 0 Å². The topological polar surface area (TPSA) is 72.9 Å². The van der Waals surface area contributed by atoms with Crippen LogP contribution >= 0.6 is 11.3 Å². The Morgan fingerprint density at radius 3 is 2.42 bits per heavy atom. The third kappa shape index (κ3) is 4.86. The summed E-state index contributed by atoms with van der Waals surface area (Å²) in [6, 6.07) is 15.5. The molecular weight excluding hydrogens is 417 g/mol. The van der Waals surface area contributed by atoms with Gasteiger partial charge in [-0.05, 0) is 41.8 Å². The molecule has 0 saturated carbocycles. The number of hydrogen-bond acceptors (Lipinski definition) is 5. The summed E-state index contributed by atoms with van der Waals surface area (Å²) < 4.78 is 14.0. The van der Waals surface area contributed by atoms with Crippen LogP contribution in [0, 0.1) is 5.82 Å². The number of hydrogen-bond donors (Lipinski definition) is 2. The van der Waals surface area contributed by atoms with E-state index in [2.05, 4.69) is 10.2 Å². The van der Waals surface area contributed by atoms with Gasteiger partial charge < -0.3 is 20.2 Å². The molecule has 1 aliphatic rings. The van der Waals surface area contributed by atoms with Crippen LogP contribution in [0.25, 0.3) is 0 Å². The Bertz CT molecular complexity index is 1080. The number of amides is 1. The number of nitrogens with zero attached hydrogens (tertiary/aromatic N) is 2. The average molecular weight is 440 g/mol. The lowest BCUT2D eigenvalue weighted by atomic mass is 10.1. The second-order valence-corrected chi connectivity index (χ2v) is 8.30. The SMILES string of the molecule is O=C(Cc1cccs1)Nc1ccc(N2CCN(c3ccccc3F)CC2)cc1C(=O)O. The molecule has 1 aromatic heterocycles. The summed E-state index contributed by atoms with van der Waals surface area (Å²) in [6.07, 6.45) is 0.205. The van der Waals surface area contributed by atoms with Crippen LogP contribution in [-0.4, -0.2) is 43.2 Å². The molecule has 3 aromatic rings. The number of carbonyl (C=O) groups excluding carboxylic acids is 1. The minimum Gasteiger partial charge on any atom is -0.478 e. The van der Waals surface area contributed by atoms with Crippen LogP contribution in [0.1, 0.15) is 15.2 Å². The van der Waals surface area contributed by atoms with Gasteiger partial charge in [-0.2, -0.15) is 0 Å². The highest BCUT2D eigenvalue weighted by Crippen LogP contribution is 2.27. The van der Waals surface area contributed by atoms with E-state index >= 15 is 0 Å². The van der Waals surface area contributed by atoms with Gasteiger partial charge in [0.05, 0.1) is 23.4 Å². The first-order valence-corrected chi connectivity index (χ1v) is 10.8. The number of carboxylic acid groups (broad SMARTS) is 1. The monoisotopic (exact) mass is 439 g/mol. The number of piperazine rings is 1. The van der Waals surface area contributed by atoms with Crippen LogP contribution < -0.4 is 15.1 Å². The van der Waals surface area contributed by atoms with Crippen molar-refractivity contribution in [2.24, 2.45) is 0 Å². The predicted octanol–water partition coefficient (Wildman–Crippen LogP) is 4.09. The molecule has 1 amide bonds. The largest absolute Gasteiger partial charge is 0.478 e. The van der Waals surface area contributed by atoms with Gasteiger partial charge in [0.15, 0.2) is 0 Å². The highest BCUT2D eigenvalue weighted by atomic mass is 32.1. The zero-order valence-corrected chi connectivity index (χ0v) is 17.6. The summed E-state index contributed by atoms with van der Waals surface area (Å²) >= 11 is 1.48. The molecule has 8 heteroatoms. The molecule has 31 heavy (non-hydrogen) atoms. The first kappa shape index (κ1) is 20.9. The van der Waals surface area contributed by atoms with Crippen molar-refractivity contribution in [2.75, 3.05) is 41.3 Å². The van der Waals surface area contributed by atoms with E-state index in [0.29, 0.717) is 31.9 Å². The van der Waals surface area contributed by atoms with Crippen LogP contribution in [0.2, 0.25) is 0 Å². The zero-order valence-electron chi connectivity index (χ0n) is 16.8. The van der Waals surface area contributed by atoms with E-state index in [0.717, 1.165) is 10.6 Å². The molecule has 0 radical (unpaired) electrons. The Morgan fingerprint density at radius 1 is 1.00 bits per heavy atom. The van der Waals surface area contributed by atoms with Gasteiger partial charge in [0.25, 0.3) is 0 Å². The molecule has 0 bridgehead atoms. The number of carbonyl (C=O) groups is 2. The maximum absolute atomic E-state index is 14.0. The molecule has 2 aromatic carbocycles. The average Bonchev–Trinajstić information content (AvgIpc) is 3.27. The molecule has 2 N–H and O–H groups in total. The van der Waals surface area contributed by atoms with Crippen LogP contribution in [-0.2, 0) is 11.2 Å². The number of para-hydroxylation sites is 1.